The van der Waals surface area contributed by atoms with Crippen LogP contribution in [0.2, 0.25) is 0 Å². The monoisotopic (exact) mass is 204 g/mol. The molecule has 0 rings (SSSR count). The lowest BCUT2D eigenvalue weighted by molar-refractivity contribution is 0.718. The summed E-state index contributed by atoms with van der Waals surface area (Å²) < 4.78 is 0. The van der Waals surface area contributed by atoms with Gasteiger partial charge in [0.15, 0.2) is 0 Å². The molecule has 0 saturated carbocycles. The molecule has 84 valence electrons. The zero-order valence-corrected chi connectivity index (χ0v) is 10.3. The molecule has 0 fully saturated rings. The first kappa shape index (κ1) is 14.0. The molecule has 0 saturated heterocycles. The maximum Gasteiger partial charge on any atom is -0.0227 e. The van der Waals surface area contributed by atoms with Gasteiger partial charge in [-0.3, -0.25) is 0 Å². The van der Waals surface area contributed by atoms with E-state index in [-0.39, 0.29) is 0 Å². The maximum absolute atomic E-state index is 3.74. The molecule has 0 radical (unpaired) electrons. The van der Waals surface area contributed by atoms with Crippen LogP contribution in [0, 0.1) is 5.92 Å². The van der Waals surface area contributed by atoms with Crippen LogP contribution in [0.25, 0.3) is 0 Å². The largest absolute Gasteiger partial charge is 0.130 e. The molecular formula is C15H24. The van der Waals surface area contributed by atoms with Crippen molar-refractivity contribution in [3.63, 3.8) is 0 Å². The Hall–Kier alpha value is -1.00. The zero-order chi connectivity index (χ0) is 11.5. The summed E-state index contributed by atoms with van der Waals surface area (Å²) in [6, 6.07) is 0. The van der Waals surface area contributed by atoms with E-state index >= 15 is 0 Å². The standard InChI is InChI=1S/C15H24/c1-5-11-15(4)13-10-8-7-9-12-14(3)6-2/h5,10,13,15H,1-2,7-9,11-12H2,3-4H3/t15-/m0/s1. The van der Waals surface area contributed by atoms with Crippen molar-refractivity contribution in [1.29, 1.82) is 0 Å². The Morgan fingerprint density at radius 3 is 2.73 bits per heavy atom. The first-order chi connectivity index (χ1) is 7.20. The van der Waals surface area contributed by atoms with Crippen LogP contribution in [0.15, 0.2) is 42.7 Å². The van der Waals surface area contributed by atoms with Crippen LogP contribution in [-0.4, -0.2) is 0 Å². The van der Waals surface area contributed by atoms with Gasteiger partial charge in [0.2, 0.25) is 0 Å². The Balaban J connectivity index is 3.45. The molecule has 1 atom stereocenters. The highest BCUT2D eigenvalue weighted by atomic mass is 14.0. The van der Waals surface area contributed by atoms with Gasteiger partial charge in [0.05, 0.1) is 0 Å². The van der Waals surface area contributed by atoms with E-state index < -0.39 is 0 Å². The average Bonchev–Trinajstić information content (AvgIpc) is 2.23. The van der Waals surface area contributed by atoms with Crippen LogP contribution < -0.4 is 0 Å². The SMILES string of the molecule is C=C=C(C)CCCCC=C[C@@H](C)CC=C. The van der Waals surface area contributed by atoms with Crippen LogP contribution in [0.3, 0.4) is 0 Å². The van der Waals surface area contributed by atoms with Gasteiger partial charge in [-0.1, -0.05) is 31.7 Å². The van der Waals surface area contributed by atoms with Gasteiger partial charge < -0.3 is 0 Å². The maximum atomic E-state index is 3.74. The molecule has 0 heteroatoms. The van der Waals surface area contributed by atoms with Crippen molar-refractivity contribution in [2.45, 2.75) is 46.0 Å². The van der Waals surface area contributed by atoms with Gasteiger partial charge in [-0.25, -0.2) is 0 Å². The van der Waals surface area contributed by atoms with Crippen LogP contribution in [-0.2, 0) is 0 Å². The lowest BCUT2D eigenvalue weighted by Crippen LogP contribution is -1.85. The smallest absolute Gasteiger partial charge is 0.0227 e. The van der Waals surface area contributed by atoms with Crippen molar-refractivity contribution < 1.29 is 0 Å². The third-order valence-corrected chi connectivity index (χ3v) is 2.48. The van der Waals surface area contributed by atoms with Crippen molar-refractivity contribution in [2.24, 2.45) is 5.92 Å². The van der Waals surface area contributed by atoms with Gasteiger partial charge in [0.25, 0.3) is 0 Å². The lowest BCUT2D eigenvalue weighted by Gasteiger charge is -2.00. The Kier molecular flexibility index (Phi) is 8.91. The molecule has 0 aliphatic rings. The predicted octanol–water partition coefficient (Wildman–Crippen LogP) is 5.05. The van der Waals surface area contributed by atoms with Gasteiger partial charge in [-0.15, -0.1) is 12.3 Å². The van der Waals surface area contributed by atoms with Crippen molar-refractivity contribution in [1.82, 2.24) is 0 Å². The quantitative estimate of drug-likeness (QED) is 0.295. The zero-order valence-electron chi connectivity index (χ0n) is 10.3. The fourth-order valence-corrected chi connectivity index (χ4v) is 1.41. The summed E-state index contributed by atoms with van der Waals surface area (Å²) in [5.41, 5.74) is 4.21. The first-order valence-corrected chi connectivity index (χ1v) is 5.83. The normalized spacial score (nSPS) is 12.4. The Morgan fingerprint density at radius 2 is 2.13 bits per heavy atom. The molecule has 0 aromatic rings. The van der Waals surface area contributed by atoms with Crippen LogP contribution >= 0.6 is 0 Å². The summed E-state index contributed by atoms with van der Waals surface area (Å²) in [4.78, 5) is 0. The number of hydrogen-bond acceptors (Lipinski definition) is 0. The number of rotatable bonds is 8. The fourth-order valence-electron chi connectivity index (χ4n) is 1.41. The molecule has 0 aromatic heterocycles. The van der Waals surface area contributed by atoms with E-state index in [1.807, 2.05) is 6.08 Å². The van der Waals surface area contributed by atoms with Crippen molar-refractivity contribution >= 4 is 0 Å². The Labute approximate surface area is 95.1 Å². The third-order valence-electron chi connectivity index (χ3n) is 2.48. The highest BCUT2D eigenvalue weighted by Gasteiger charge is 1.92. The lowest BCUT2D eigenvalue weighted by atomic mass is 10.1. The predicted molar refractivity (Wildman–Crippen MR) is 69.9 cm³/mol. The van der Waals surface area contributed by atoms with E-state index in [1.165, 1.54) is 24.8 Å². The number of allylic oxidation sites excluding steroid dienone is 4. The Bertz CT molecular complexity index is 239. The molecule has 0 heterocycles. The molecule has 0 aliphatic carbocycles. The van der Waals surface area contributed by atoms with E-state index in [0.717, 1.165) is 12.8 Å². The second-order valence-electron chi connectivity index (χ2n) is 4.13. The van der Waals surface area contributed by atoms with Crippen LogP contribution in [0.5, 0.6) is 0 Å². The second kappa shape index (κ2) is 9.55. The molecule has 0 bridgehead atoms. The minimum Gasteiger partial charge on any atom is -0.130 e. The van der Waals surface area contributed by atoms with Gasteiger partial charge >= 0.3 is 0 Å². The minimum absolute atomic E-state index is 0.636. The van der Waals surface area contributed by atoms with Crippen molar-refractivity contribution in [2.75, 3.05) is 0 Å². The van der Waals surface area contributed by atoms with E-state index in [9.17, 15) is 0 Å². The molecule has 0 amide bonds. The number of hydrogen-bond donors (Lipinski definition) is 0. The molecule has 0 nitrogen and oxygen atoms in total. The molecular weight excluding hydrogens is 180 g/mol. The van der Waals surface area contributed by atoms with Crippen LogP contribution in [0.1, 0.15) is 46.0 Å². The molecule has 15 heavy (non-hydrogen) atoms. The summed E-state index contributed by atoms with van der Waals surface area (Å²) in [5, 5.41) is 0. The molecule has 0 spiro atoms. The van der Waals surface area contributed by atoms with Gasteiger partial charge in [-0.2, -0.15) is 0 Å². The fraction of sp³-hybridized carbons (Fsp3) is 0.533. The molecule has 0 aromatic carbocycles. The van der Waals surface area contributed by atoms with E-state index in [0.29, 0.717) is 5.92 Å². The van der Waals surface area contributed by atoms with Gasteiger partial charge in [-0.05, 0) is 50.5 Å². The molecule has 0 aliphatic heterocycles. The molecule has 0 N–H and O–H groups in total. The third kappa shape index (κ3) is 9.31. The van der Waals surface area contributed by atoms with Gasteiger partial charge in [0, 0.05) is 0 Å². The van der Waals surface area contributed by atoms with E-state index in [1.54, 1.807) is 0 Å². The summed E-state index contributed by atoms with van der Waals surface area (Å²) in [7, 11) is 0. The van der Waals surface area contributed by atoms with Crippen LogP contribution in [0.4, 0.5) is 0 Å². The molecule has 0 unspecified atom stereocenters. The second-order valence-corrected chi connectivity index (χ2v) is 4.13. The summed E-state index contributed by atoms with van der Waals surface area (Å²) in [6.07, 6.45) is 12.5. The highest BCUT2D eigenvalue weighted by Crippen LogP contribution is 2.09. The average molecular weight is 204 g/mol. The highest BCUT2D eigenvalue weighted by molar-refractivity contribution is 4.94. The Morgan fingerprint density at radius 1 is 1.40 bits per heavy atom. The van der Waals surface area contributed by atoms with Crippen molar-refractivity contribution in [3.8, 4) is 0 Å². The number of unbranched alkanes of at least 4 members (excludes halogenated alkanes) is 2. The van der Waals surface area contributed by atoms with Gasteiger partial charge in [0.1, 0.15) is 0 Å². The first-order valence-electron chi connectivity index (χ1n) is 5.83. The topological polar surface area (TPSA) is 0 Å². The minimum atomic E-state index is 0.636. The van der Waals surface area contributed by atoms with Crippen molar-refractivity contribution in [3.05, 3.63) is 42.7 Å². The van der Waals surface area contributed by atoms with E-state index in [2.05, 4.69) is 44.9 Å². The summed E-state index contributed by atoms with van der Waals surface area (Å²) >= 11 is 0. The van der Waals surface area contributed by atoms with E-state index in [4.69, 9.17) is 0 Å². The summed E-state index contributed by atoms with van der Waals surface area (Å²) in [6.45, 7) is 11.7. The summed E-state index contributed by atoms with van der Waals surface area (Å²) in [5.74, 6) is 0.636.